The van der Waals surface area contributed by atoms with E-state index in [2.05, 4.69) is 20.5 Å². The van der Waals surface area contributed by atoms with Gasteiger partial charge in [0.2, 0.25) is 5.91 Å². The Bertz CT molecular complexity index is 575. The molecule has 21 heavy (non-hydrogen) atoms. The fourth-order valence-corrected chi connectivity index (χ4v) is 2.70. The van der Waals surface area contributed by atoms with Gasteiger partial charge in [0.1, 0.15) is 5.82 Å². The lowest BCUT2D eigenvalue weighted by molar-refractivity contribution is -0.123. The molecular formula is C15H22N4O2. The van der Waals surface area contributed by atoms with Gasteiger partial charge in [0.15, 0.2) is 5.69 Å². The molecule has 1 heterocycles. The van der Waals surface area contributed by atoms with Gasteiger partial charge < -0.3 is 10.3 Å². The number of carbonyl (C=O) groups excluding carboxylic acids is 1. The van der Waals surface area contributed by atoms with Gasteiger partial charge in [0.25, 0.3) is 5.56 Å². The molecule has 6 nitrogen and oxygen atoms in total. The van der Waals surface area contributed by atoms with Gasteiger partial charge in [0.05, 0.1) is 6.04 Å². The molecule has 0 bridgehead atoms. The first-order valence-corrected chi connectivity index (χ1v) is 7.93. The molecule has 0 saturated heterocycles. The molecule has 0 spiro atoms. The maximum absolute atomic E-state index is 12.1. The highest BCUT2D eigenvalue weighted by atomic mass is 16.2. The van der Waals surface area contributed by atoms with E-state index in [0.29, 0.717) is 36.2 Å². The molecule has 1 unspecified atom stereocenters. The Hall–Kier alpha value is -1.72. The lowest BCUT2D eigenvalue weighted by Crippen LogP contribution is -2.35. The van der Waals surface area contributed by atoms with Crippen molar-refractivity contribution >= 4 is 5.91 Å². The summed E-state index contributed by atoms with van der Waals surface area (Å²) >= 11 is 0. The van der Waals surface area contributed by atoms with Crippen molar-refractivity contribution in [1.82, 2.24) is 20.5 Å². The quantitative estimate of drug-likeness (QED) is 0.836. The summed E-state index contributed by atoms with van der Waals surface area (Å²) in [4.78, 5) is 27.0. The first kappa shape index (κ1) is 14.2. The largest absolute Gasteiger partial charge is 0.347 e. The minimum Gasteiger partial charge on any atom is -0.347 e. The van der Waals surface area contributed by atoms with Crippen LogP contribution in [0.15, 0.2) is 4.79 Å². The SMILES string of the molecule is CCC(NC(=O)CC1CCC1)c1nnc(C2CC2)[nH]c1=O. The van der Waals surface area contributed by atoms with Crippen LogP contribution in [0.4, 0.5) is 0 Å². The van der Waals surface area contributed by atoms with Gasteiger partial charge in [0, 0.05) is 12.3 Å². The third-order valence-electron chi connectivity index (χ3n) is 4.48. The topological polar surface area (TPSA) is 87.7 Å². The van der Waals surface area contributed by atoms with Crippen molar-refractivity contribution in [1.29, 1.82) is 0 Å². The van der Waals surface area contributed by atoms with Crippen molar-refractivity contribution in [2.24, 2.45) is 5.92 Å². The molecule has 3 rings (SSSR count). The maximum atomic E-state index is 12.1. The van der Waals surface area contributed by atoms with Gasteiger partial charge in [-0.1, -0.05) is 13.3 Å². The summed E-state index contributed by atoms with van der Waals surface area (Å²) in [6.45, 7) is 1.93. The highest BCUT2D eigenvalue weighted by Gasteiger charge is 2.28. The van der Waals surface area contributed by atoms with E-state index in [0.717, 1.165) is 25.7 Å². The number of hydrogen-bond acceptors (Lipinski definition) is 4. The number of H-pyrrole nitrogens is 1. The number of nitrogens with zero attached hydrogens (tertiary/aromatic N) is 2. The van der Waals surface area contributed by atoms with Gasteiger partial charge in [-0.15, -0.1) is 10.2 Å². The van der Waals surface area contributed by atoms with Crippen LogP contribution in [-0.2, 0) is 4.79 Å². The van der Waals surface area contributed by atoms with Gasteiger partial charge in [-0.25, -0.2) is 0 Å². The summed E-state index contributed by atoms with van der Waals surface area (Å²) < 4.78 is 0. The second-order valence-corrected chi connectivity index (χ2v) is 6.23. The number of nitrogens with one attached hydrogen (secondary N) is 2. The second kappa shape index (κ2) is 5.95. The van der Waals surface area contributed by atoms with Crippen molar-refractivity contribution in [3.05, 3.63) is 21.9 Å². The zero-order valence-corrected chi connectivity index (χ0v) is 12.4. The van der Waals surface area contributed by atoms with Crippen molar-refractivity contribution < 1.29 is 4.79 Å². The third-order valence-corrected chi connectivity index (χ3v) is 4.48. The van der Waals surface area contributed by atoms with Crippen LogP contribution in [0.3, 0.4) is 0 Å². The summed E-state index contributed by atoms with van der Waals surface area (Å²) in [6.07, 6.45) is 6.84. The highest BCUT2D eigenvalue weighted by Crippen LogP contribution is 2.37. The van der Waals surface area contributed by atoms with E-state index in [4.69, 9.17) is 0 Å². The van der Waals surface area contributed by atoms with Crippen molar-refractivity contribution in [3.8, 4) is 0 Å². The fraction of sp³-hybridized carbons (Fsp3) is 0.733. The molecule has 0 aromatic carbocycles. The lowest BCUT2D eigenvalue weighted by Gasteiger charge is -2.25. The van der Waals surface area contributed by atoms with E-state index in [1.54, 1.807) is 0 Å². The number of rotatable bonds is 6. The molecule has 1 aromatic heterocycles. The molecule has 1 atom stereocenters. The number of amides is 1. The normalized spacial score (nSPS) is 19.9. The Morgan fingerprint density at radius 1 is 1.33 bits per heavy atom. The zero-order chi connectivity index (χ0) is 14.8. The van der Waals surface area contributed by atoms with Crippen LogP contribution in [0.25, 0.3) is 0 Å². The molecule has 1 amide bonds. The van der Waals surface area contributed by atoms with Crippen LogP contribution in [0, 0.1) is 5.92 Å². The van der Waals surface area contributed by atoms with Crippen molar-refractivity contribution in [3.63, 3.8) is 0 Å². The molecule has 2 N–H and O–H groups in total. The fourth-order valence-electron chi connectivity index (χ4n) is 2.70. The van der Waals surface area contributed by atoms with Gasteiger partial charge in [-0.3, -0.25) is 9.59 Å². The molecule has 0 radical (unpaired) electrons. The average Bonchev–Trinajstić information content (AvgIpc) is 3.25. The third kappa shape index (κ3) is 3.31. The second-order valence-electron chi connectivity index (χ2n) is 6.23. The monoisotopic (exact) mass is 290 g/mol. The summed E-state index contributed by atoms with van der Waals surface area (Å²) in [6, 6.07) is -0.345. The van der Waals surface area contributed by atoms with Gasteiger partial charge >= 0.3 is 0 Å². The Kier molecular flexibility index (Phi) is 4.03. The highest BCUT2D eigenvalue weighted by molar-refractivity contribution is 5.76. The lowest BCUT2D eigenvalue weighted by atomic mass is 9.83. The standard InChI is InChI=1S/C15H22N4O2/c1-2-11(16-12(20)8-9-4-3-5-9)13-15(21)17-14(19-18-13)10-6-7-10/h9-11H,2-8H2,1H3,(H,16,20)(H,17,19,21). The Morgan fingerprint density at radius 3 is 2.62 bits per heavy atom. The molecule has 1 aromatic rings. The minimum absolute atomic E-state index is 0.0130. The van der Waals surface area contributed by atoms with E-state index in [-0.39, 0.29) is 17.5 Å². The van der Waals surface area contributed by atoms with Crippen LogP contribution in [-0.4, -0.2) is 21.1 Å². The summed E-state index contributed by atoms with van der Waals surface area (Å²) in [7, 11) is 0. The molecule has 114 valence electrons. The van der Waals surface area contributed by atoms with E-state index in [9.17, 15) is 9.59 Å². The summed E-state index contributed by atoms with van der Waals surface area (Å²) in [5.74, 6) is 1.58. The first-order valence-electron chi connectivity index (χ1n) is 7.93. The Balaban J connectivity index is 1.66. The number of aromatic nitrogens is 3. The van der Waals surface area contributed by atoms with Gasteiger partial charge in [-0.2, -0.15) is 0 Å². The Labute approximate surface area is 123 Å². The maximum Gasteiger partial charge on any atom is 0.275 e. The molecular weight excluding hydrogens is 268 g/mol. The molecule has 0 aliphatic heterocycles. The van der Waals surface area contributed by atoms with Crippen LogP contribution >= 0.6 is 0 Å². The smallest absolute Gasteiger partial charge is 0.275 e. The van der Waals surface area contributed by atoms with Crippen LogP contribution in [0.2, 0.25) is 0 Å². The zero-order valence-electron chi connectivity index (χ0n) is 12.4. The molecule has 6 heteroatoms. The predicted molar refractivity (Wildman–Crippen MR) is 77.8 cm³/mol. The number of carbonyl (C=O) groups is 1. The molecule has 2 aliphatic rings. The van der Waals surface area contributed by atoms with E-state index >= 15 is 0 Å². The summed E-state index contributed by atoms with van der Waals surface area (Å²) in [5, 5.41) is 11.1. The predicted octanol–water partition coefficient (Wildman–Crippen LogP) is 1.80. The van der Waals surface area contributed by atoms with Crippen LogP contribution in [0.5, 0.6) is 0 Å². The molecule has 2 fully saturated rings. The first-order chi connectivity index (χ1) is 10.2. The van der Waals surface area contributed by atoms with E-state index in [1.807, 2.05) is 6.92 Å². The van der Waals surface area contributed by atoms with Crippen molar-refractivity contribution in [2.45, 2.75) is 63.8 Å². The van der Waals surface area contributed by atoms with Crippen LogP contribution < -0.4 is 10.9 Å². The van der Waals surface area contributed by atoms with Gasteiger partial charge in [-0.05, 0) is 38.0 Å². The average molecular weight is 290 g/mol. The van der Waals surface area contributed by atoms with E-state index < -0.39 is 0 Å². The summed E-state index contributed by atoms with van der Waals surface area (Å²) in [5.41, 5.74) is 0.103. The minimum atomic E-state index is -0.345. The van der Waals surface area contributed by atoms with E-state index in [1.165, 1.54) is 6.42 Å². The van der Waals surface area contributed by atoms with Crippen molar-refractivity contribution in [2.75, 3.05) is 0 Å². The number of aromatic amines is 1. The number of hydrogen-bond donors (Lipinski definition) is 2. The Morgan fingerprint density at radius 2 is 2.10 bits per heavy atom. The van der Waals surface area contributed by atoms with Crippen LogP contribution in [0.1, 0.15) is 75.3 Å². The molecule has 2 aliphatic carbocycles. The molecule has 2 saturated carbocycles.